The molecule has 0 aliphatic heterocycles. The Morgan fingerprint density at radius 1 is 1.15 bits per heavy atom. The molecule has 0 aliphatic carbocycles. The molecule has 0 aromatic rings. The van der Waals surface area contributed by atoms with Crippen molar-refractivity contribution >= 4 is 6.04 Å². The predicted molar refractivity (Wildman–Crippen MR) is 37.2 cm³/mol. The Bertz CT molecular complexity index is 175. The molecular formula is C6H11FO6. The fourth-order valence-corrected chi connectivity index (χ4v) is 0.657. The lowest BCUT2D eigenvalue weighted by atomic mass is 10.0. The first kappa shape index (κ1) is 12.4. The molecule has 0 spiro atoms. The highest BCUT2D eigenvalue weighted by Crippen LogP contribution is 2.06. The second-order valence-electron chi connectivity index (χ2n) is 2.48. The maximum absolute atomic E-state index is 11.8. The number of hydrogen-bond acceptors (Lipinski definition) is 6. The highest BCUT2D eigenvalue weighted by molar-refractivity contribution is 5.73. The van der Waals surface area contributed by atoms with Gasteiger partial charge >= 0.3 is 6.04 Å². The van der Waals surface area contributed by atoms with E-state index in [-0.39, 0.29) is 0 Å². The van der Waals surface area contributed by atoms with Gasteiger partial charge in [0.25, 0.3) is 0 Å². The van der Waals surface area contributed by atoms with E-state index < -0.39 is 37.1 Å². The molecule has 13 heavy (non-hydrogen) atoms. The van der Waals surface area contributed by atoms with Crippen LogP contribution < -0.4 is 0 Å². The summed E-state index contributed by atoms with van der Waals surface area (Å²) in [5, 5.41) is 43.3. The molecule has 7 heteroatoms. The number of hydrogen-bond donors (Lipinski definition) is 5. The molecule has 0 saturated carbocycles. The predicted octanol–water partition coefficient (Wildman–Crippen LogP) is -3.08. The molecule has 5 N–H and O–H groups in total. The van der Waals surface area contributed by atoms with Crippen LogP contribution in [0.2, 0.25) is 0 Å². The molecule has 0 aromatic carbocycles. The van der Waals surface area contributed by atoms with Gasteiger partial charge in [-0.3, -0.25) is 4.79 Å². The van der Waals surface area contributed by atoms with Gasteiger partial charge in [0.05, 0.1) is 6.61 Å². The summed E-state index contributed by atoms with van der Waals surface area (Å²) in [6, 6.07) is -2.23. The zero-order valence-electron chi connectivity index (χ0n) is 6.54. The summed E-state index contributed by atoms with van der Waals surface area (Å²) in [6.45, 7) is -0.884. The average Bonchev–Trinajstić information content (AvgIpc) is 2.12. The van der Waals surface area contributed by atoms with Crippen LogP contribution in [0.25, 0.3) is 0 Å². The van der Waals surface area contributed by atoms with Crippen LogP contribution in [0.4, 0.5) is 4.39 Å². The van der Waals surface area contributed by atoms with E-state index in [1.54, 1.807) is 0 Å². The van der Waals surface area contributed by atoms with E-state index in [0.29, 0.717) is 0 Å². The third kappa shape index (κ3) is 3.33. The zero-order valence-corrected chi connectivity index (χ0v) is 6.54. The zero-order chi connectivity index (χ0) is 10.6. The van der Waals surface area contributed by atoms with E-state index in [9.17, 15) is 9.18 Å². The maximum Gasteiger partial charge on any atom is 0.332 e. The smallest absolute Gasteiger partial charge is 0.332 e. The van der Waals surface area contributed by atoms with Crippen molar-refractivity contribution in [3.63, 3.8) is 0 Å². The van der Waals surface area contributed by atoms with E-state index in [4.69, 9.17) is 25.5 Å². The van der Waals surface area contributed by atoms with E-state index in [0.717, 1.165) is 0 Å². The fourth-order valence-electron chi connectivity index (χ4n) is 0.657. The van der Waals surface area contributed by atoms with Crippen LogP contribution in [0.15, 0.2) is 0 Å². The maximum atomic E-state index is 11.8. The largest absolute Gasteiger partial charge is 0.394 e. The number of aliphatic hydroxyl groups excluding tert-OH is 5. The van der Waals surface area contributed by atoms with Crippen molar-refractivity contribution < 1.29 is 34.7 Å². The Hall–Kier alpha value is -0.600. The minimum absolute atomic E-state index is 0.884. The van der Waals surface area contributed by atoms with Crippen LogP contribution in [0.3, 0.4) is 0 Å². The molecule has 4 atom stereocenters. The molecule has 0 rings (SSSR count). The lowest BCUT2D eigenvalue weighted by Crippen LogP contribution is -2.47. The molecular weight excluding hydrogens is 187 g/mol. The third-order valence-electron chi connectivity index (χ3n) is 1.49. The Morgan fingerprint density at radius 3 is 1.92 bits per heavy atom. The van der Waals surface area contributed by atoms with E-state index in [1.807, 2.05) is 0 Å². The quantitative estimate of drug-likeness (QED) is 0.299. The molecule has 0 aliphatic rings. The first-order valence-corrected chi connectivity index (χ1v) is 3.44. The van der Waals surface area contributed by atoms with Gasteiger partial charge in [0, 0.05) is 0 Å². The normalized spacial score (nSPS) is 20.5. The van der Waals surface area contributed by atoms with Gasteiger partial charge in [-0.05, 0) is 0 Å². The van der Waals surface area contributed by atoms with Gasteiger partial charge in [0.2, 0.25) is 0 Å². The molecule has 78 valence electrons. The van der Waals surface area contributed by atoms with Crippen LogP contribution >= 0.6 is 0 Å². The Kier molecular flexibility index (Phi) is 4.96. The minimum atomic E-state index is -2.42. The van der Waals surface area contributed by atoms with Gasteiger partial charge in [0.1, 0.15) is 18.3 Å². The summed E-state index contributed by atoms with van der Waals surface area (Å²) in [6.07, 6.45) is -8.32. The molecule has 0 aromatic heterocycles. The summed E-state index contributed by atoms with van der Waals surface area (Å²) in [5.41, 5.74) is 0. The molecule has 0 fully saturated rings. The lowest BCUT2D eigenvalue weighted by molar-refractivity contribution is -0.156. The van der Waals surface area contributed by atoms with Gasteiger partial charge in [-0.15, -0.1) is 0 Å². The topological polar surface area (TPSA) is 118 Å². The first-order chi connectivity index (χ1) is 5.91. The molecule has 6 nitrogen and oxygen atoms in total. The number of aliphatic hydroxyl groups is 5. The minimum Gasteiger partial charge on any atom is -0.394 e. The summed E-state index contributed by atoms with van der Waals surface area (Å²) in [5.74, 6) is 0. The standard InChI is InChI=1S/C6H11FO6/c7-6(13)5(12)4(11)3(10)2(9)1-8/h2-5,8-12H,1H2/t2-,3-,4+,5-/m0/s1. The highest BCUT2D eigenvalue weighted by Gasteiger charge is 2.34. The van der Waals surface area contributed by atoms with Crippen LogP contribution in [-0.2, 0) is 4.79 Å². The summed E-state index contributed by atoms with van der Waals surface area (Å²) in [4.78, 5) is 9.87. The van der Waals surface area contributed by atoms with Gasteiger partial charge < -0.3 is 25.5 Å². The monoisotopic (exact) mass is 198 g/mol. The Morgan fingerprint density at radius 2 is 1.62 bits per heavy atom. The number of halogens is 1. The van der Waals surface area contributed by atoms with Crippen LogP contribution in [0.1, 0.15) is 0 Å². The van der Waals surface area contributed by atoms with Crippen LogP contribution in [-0.4, -0.2) is 62.6 Å². The van der Waals surface area contributed by atoms with Gasteiger partial charge in [0.15, 0.2) is 6.10 Å². The lowest BCUT2D eigenvalue weighted by Gasteiger charge is -2.22. The van der Waals surface area contributed by atoms with Crippen LogP contribution in [0.5, 0.6) is 0 Å². The van der Waals surface area contributed by atoms with E-state index in [2.05, 4.69) is 0 Å². The molecule has 0 radical (unpaired) electrons. The van der Waals surface area contributed by atoms with E-state index in [1.165, 1.54) is 0 Å². The van der Waals surface area contributed by atoms with E-state index >= 15 is 0 Å². The molecule has 0 saturated heterocycles. The SMILES string of the molecule is O=C(F)[C@@H](O)[C@H](O)[C@@H](O)[C@@H](O)CO. The summed E-state index contributed by atoms with van der Waals surface area (Å²) in [7, 11) is 0. The average molecular weight is 198 g/mol. The number of carbonyl (C=O) groups excluding carboxylic acids is 1. The molecule has 0 amide bonds. The van der Waals surface area contributed by atoms with Crippen molar-refractivity contribution in [1.82, 2.24) is 0 Å². The second-order valence-corrected chi connectivity index (χ2v) is 2.48. The fraction of sp³-hybridized carbons (Fsp3) is 0.833. The summed E-state index contributed by atoms with van der Waals surface area (Å²) < 4.78 is 11.8. The van der Waals surface area contributed by atoms with Crippen LogP contribution in [0, 0.1) is 0 Å². The van der Waals surface area contributed by atoms with Gasteiger partial charge in [-0.25, -0.2) is 0 Å². The Balaban J connectivity index is 4.24. The molecule has 0 bridgehead atoms. The summed E-state index contributed by atoms with van der Waals surface area (Å²) >= 11 is 0. The van der Waals surface area contributed by atoms with Gasteiger partial charge in [-0.2, -0.15) is 4.39 Å². The van der Waals surface area contributed by atoms with Gasteiger partial charge in [-0.1, -0.05) is 0 Å². The van der Waals surface area contributed by atoms with Crippen molar-refractivity contribution in [3.8, 4) is 0 Å². The van der Waals surface area contributed by atoms with Crippen molar-refractivity contribution in [2.75, 3.05) is 6.61 Å². The number of rotatable bonds is 5. The Labute approximate surface area is 72.9 Å². The number of carbonyl (C=O) groups is 1. The van der Waals surface area contributed by atoms with Crippen molar-refractivity contribution in [2.45, 2.75) is 24.4 Å². The molecule has 0 unspecified atom stereocenters. The van der Waals surface area contributed by atoms with Crippen molar-refractivity contribution in [2.24, 2.45) is 0 Å². The third-order valence-corrected chi connectivity index (χ3v) is 1.49. The van der Waals surface area contributed by atoms with Crippen molar-refractivity contribution in [3.05, 3.63) is 0 Å². The highest BCUT2D eigenvalue weighted by atomic mass is 19.1. The molecule has 0 heterocycles. The second kappa shape index (κ2) is 5.20. The van der Waals surface area contributed by atoms with Crippen molar-refractivity contribution in [1.29, 1.82) is 0 Å². The first-order valence-electron chi connectivity index (χ1n) is 3.44.